The zero-order valence-corrected chi connectivity index (χ0v) is 21.6. The van der Waals surface area contributed by atoms with Gasteiger partial charge >= 0.3 is 6.18 Å². The van der Waals surface area contributed by atoms with Crippen LogP contribution in [0.1, 0.15) is 35.6 Å². The van der Waals surface area contributed by atoms with Crippen LogP contribution in [0.3, 0.4) is 0 Å². The van der Waals surface area contributed by atoms with Gasteiger partial charge in [0.2, 0.25) is 5.88 Å². The molecule has 1 aliphatic rings. The summed E-state index contributed by atoms with van der Waals surface area (Å²) in [5.41, 5.74) is -0.294. The number of hydrogen-bond acceptors (Lipinski definition) is 5. The van der Waals surface area contributed by atoms with Gasteiger partial charge in [-0.05, 0) is 66.1 Å². The molecule has 0 amide bonds. The Labute approximate surface area is 217 Å². The van der Waals surface area contributed by atoms with Gasteiger partial charge in [-0.15, -0.1) is 0 Å². The minimum atomic E-state index is -4.94. The summed E-state index contributed by atoms with van der Waals surface area (Å²) >= 11 is 0. The van der Waals surface area contributed by atoms with E-state index in [9.17, 15) is 30.4 Å². The molecule has 0 aliphatic heterocycles. The summed E-state index contributed by atoms with van der Waals surface area (Å²) in [6, 6.07) is 6.30. The zero-order valence-electron chi connectivity index (χ0n) is 20.7. The molecule has 1 aromatic heterocycles. The molecule has 2 aromatic carbocycles. The molecule has 0 spiro atoms. The molecule has 1 atom stereocenters. The van der Waals surface area contributed by atoms with Crippen LogP contribution in [0.25, 0.3) is 11.1 Å². The van der Waals surface area contributed by atoms with E-state index >= 15 is 0 Å². The molecule has 3 aromatic rings. The third-order valence-corrected chi connectivity index (χ3v) is 7.25. The van der Waals surface area contributed by atoms with E-state index in [1.807, 2.05) is 0 Å². The summed E-state index contributed by atoms with van der Waals surface area (Å²) in [6.07, 6.45) is -0.270. The van der Waals surface area contributed by atoms with Crippen LogP contribution in [0.5, 0.6) is 11.6 Å². The van der Waals surface area contributed by atoms with Crippen LogP contribution in [0, 0.1) is 17.6 Å². The number of benzene rings is 2. The largest absolute Gasteiger partial charge is 0.493 e. The first kappa shape index (κ1) is 27.8. The van der Waals surface area contributed by atoms with E-state index in [1.54, 1.807) is 12.3 Å². The van der Waals surface area contributed by atoms with E-state index in [-0.39, 0.29) is 36.0 Å². The molecule has 5 nitrogen and oxygen atoms in total. The van der Waals surface area contributed by atoms with Crippen molar-refractivity contribution in [3.63, 3.8) is 0 Å². The molecule has 0 saturated heterocycles. The first-order chi connectivity index (χ1) is 17.8. The smallest absolute Gasteiger partial charge is 0.417 e. The van der Waals surface area contributed by atoms with Crippen molar-refractivity contribution in [3.05, 3.63) is 76.5 Å². The topological polar surface area (TPSA) is 65.5 Å². The Morgan fingerprint density at radius 2 is 1.71 bits per heavy atom. The minimum absolute atomic E-state index is 0.0205. The minimum Gasteiger partial charge on any atom is -0.493 e. The van der Waals surface area contributed by atoms with Crippen LogP contribution in [-0.2, 0) is 35.5 Å². The fourth-order valence-corrected chi connectivity index (χ4v) is 5.07. The number of pyridine rings is 1. The van der Waals surface area contributed by atoms with Crippen LogP contribution >= 0.6 is 0 Å². The third kappa shape index (κ3) is 6.80. The predicted octanol–water partition coefficient (Wildman–Crippen LogP) is 6.17. The molecule has 4 rings (SSSR count). The molecule has 0 N–H and O–H groups in total. The van der Waals surface area contributed by atoms with E-state index in [2.05, 4.69) is 11.9 Å². The Kier molecular flexibility index (Phi) is 7.96. The van der Waals surface area contributed by atoms with Crippen molar-refractivity contribution in [1.82, 2.24) is 4.98 Å². The Hall–Kier alpha value is -3.21. The first-order valence-corrected chi connectivity index (χ1v) is 14.0. The second kappa shape index (κ2) is 10.9. The lowest BCUT2D eigenvalue weighted by molar-refractivity contribution is -0.137. The summed E-state index contributed by atoms with van der Waals surface area (Å²) in [5, 5.41) is 0. The maximum absolute atomic E-state index is 15.0. The molecule has 0 radical (unpaired) electrons. The quantitative estimate of drug-likeness (QED) is 0.233. The number of rotatable bonds is 9. The molecule has 1 aliphatic carbocycles. The normalized spacial score (nSPS) is 15.4. The number of ether oxygens (including phenoxy) is 2. The number of sulfone groups is 1. The van der Waals surface area contributed by atoms with Crippen LogP contribution in [0.2, 0.25) is 0 Å². The van der Waals surface area contributed by atoms with Gasteiger partial charge in [0.05, 0.1) is 17.9 Å². The van der Waals surface area contributed by atoms with Crippen molar-refractivity contribution in [3.8, 4) is 22.8 Å². The lowest BCUT2D eigenvalue weighted by atomic mass is 9.96. The number of halogens is 5. The number of fused-ring (bicyclic) bond motifs is 1. The number of nitrogens with zero attached hydrogens (tertiary/aromatic N) is 1. The molecule has 204 valence electrons. The van der Waals surface area contributed by atoms with Crippen LogP contribution < -0.4 is 9.47 Å². The molecular weight excluding hydrogens is 529 g/mol. The van der Waals surface area contributed by atoms with Gasteiger partial charge in [-0.1, -0.05) is 6.92 Å². The highest BCUT2D eigenvalue weighted by Gasteiger charge is 2.35. The van der Waals surface area contributed by atoms with E-state index < -0.39 is 50.9 Å². The summed E-state index contributed by atoms with van der Waals surface area (Å²) < 4.78 is 104. The standard InChI is InChI=1S/C27H26F5NO4S/c1-16-8-17-11-26(33-14-18(17)9-16)37-15-19-10-22(23(13-24(19)28)27(30,31)32)21-5-4-20(12-25(21)29)36-6-3-7-38(2,34)35/h4-5,10-14,16H,3,6-9,15H2,1-2H3/t16-/m0/s1. The van der Waals surface area contributed by atoms with Gasteiger partial charge in [0.25, 0.3) is 0 Å². The van der Waals surface area contributed by atoms with Gasteiger partial charge in [-0.2, -0.15) is 13.2 Å². The summed E-state index contributed by atoms with van der Waals surface area (Å²) in [5.74, 6) is -1.55. The Bertz CT molecular complexity index is 1440. The zero-order chi connectivity index (χ0) is 27.7. The highest BCUT2D eigenvalue weighted by molar-refractivity contribution is 7.90. The monoisotopic (exact) mass is 555 g/mol. The van der Waals surface area contributed by atoms with Gasteiger partial charge < -0.3 is 9.47 Å². The molecule has 1 heterocycles. The fraction of sp³-hybridized carbons (Fsp3) is 0.370. The van der Waals surface area contributed by atoms with Crippen molar-refractivity contribution in [2.45, 2.75) is 39.0 Å². The van der Waals surface area contributed by atoms with Crippen LogP contribution in [0.15, 0.2) is 42.6 Å². The second-order valence-corrected chi connectivity index (χ2v) is 11.8. The van der Waals surface area contributed by atoms with E-state index in [1.165, 1.54) is 6.07 Å². The molecule has 11 heteroatoms. The van der Waals surface area contributed by atoms with Crippen molar-refractivity contribution in [2.75, 3.05) is 18.6 Å². The van der Waals surface area contributed by atoms with Crippen LogP contribution in [-0.4, -0.2) is 32.0 Å². The average Bonchev–Trinajstić information content (AvgIpc) is 3.19. The van der Waals surface area contributed by atoms with E-state index in [0.717, 1.165) is 48.4 Å². The number of aromatic nitrogens is 1. The fourth-order valence-electron chi connectivity index (χ4n) is 4.43. The predicted molar refractivity (Wildman–Crippen MR) is 132 cm³/mol. The van der Waals surface area contributed by atoms with Crippen molar-refractivity contribution < 1.29 is 39.8 Å². The molecule has 0 unspecified atom stereocenters. The third-order valence-electron chi connectivity index (χ3n) is 6.22. The Morgan fingerprint density at radius 3 is 2.39 bits per heavy atom. The van der Waals surface area contributed by atoms with Gasteiger partial charge in [-0.25, -0.2) is 22.2 Å². The maximum Gasteiger partial charge on any atom is 0.417 e. The highest BCUT2D eigenvalue weighted by Crippen LogP contribution is 2.40. The maximum atomic E-state index is 15.0. The summed E-state index contributed by atoms with van der Waals surface area (Å²) in [7, 11) is -3.19. The lowest BCUT2D eigenvalue weighted by Gasteiger charge is -2.17. The summed E-state index contributed by atoms with van der Waals surface area (Å²) in [4.78, 5) is 4.20. The number of hydrogen-bond donors (Lipinski definition) is 0. The molecule has 38 heavy (non-hydrogen) atoms. The van der Waals surface area contributed by atoms with Gasteiger partial charge in [-0.3, -0.25) is 0 Å². The Balaban J connectivity index is 1.57. The average molecular weight is 556 g/mol. The molecule has 0 fully saturated rings. The van der Waals surface area contributed by atoms with Gasteiger partial charge in [0, 0.05) is 35.7 Å². The second-order valence-electron chi connectivity index (χ2n) is 9.55. The van der Waals surface area contributed by atoms with Crippen molar-refractivity contribution in [2.24, 2.45) is 5.92 Å². The van der Waals surface area contributed by atoms with E-state index in [4.69, 9.17) is 9.47 Å². The highest BCUT2D eigenvalue weighted by atomic mass is 32.2. The molecular formula is C27H26F5NO4S. The van der Waals surface area contributed by atoms with Crippen molar-refractivity contribution >= 4 is 9.84 Å². The first-order valence-electron chi connectivity index (χ1n) is 11.9. The summed E-state index contributed by atoms with van der Waals surface area (Å²) in [6.45, 7) is 1.69. The molecule has 0 saturated carbocycles. The SMILES string of the molecule is C[C@@H]1Cc2cnc(OCc3cc(-c4ccc(OCCCS(C)(=O)=O)cc4F)c(C(F)(F)F)cc3F)cc2C1. The van der Waals surface area contributed by atoms with E-state index in [0.29, 0.717) is 12.0 Å². The van der Waals surface area contributed by atoms with Crippen LogP contribution in [0.4, 0.5) is 22.0 Å². The van der Waals surface area contributed by atoms with Crippen molar-refractivity contribution in [1.29, 1.82) is 0 Å². The Morgan fingerprint density at radius 1 is 0.974 bits per heavy atom. The number of alkyl halides is 3. The molecule has 0 bridgehead atoms. The van der Waals surface area contributed by atoms with Gasteiger partial charge in [0.15, 0.2) is 0 Å². The van der Waals surface area contributed by atoms with Gasteiger partial charge in [0.1, 0.15) is 33.8 Å². The lowest BCUT2D eigenvalue weighted by Crippen LogP contribution is -2.11.